The number of anilines is 1. The fourth-order valence-corrected chi connectivity index (χ4v) is 3.32. The number of benzene rings is 1. The van der Waals surface area contributed by atoms with Crippen LogP contribution < -0.4 is 5.32 Å². The predicted molar refractivity (Wildman–Crippen MR) is 77.6 cm³/mol. The molecule has 19 heavy (non-hydrogen) atoms. The third-order valence-corrected chi connectivity index (χ3v) is 4.42. The largest absolute Gasteiger partial charge is 0.302 e. The summed E-state index contributed by atoms with van der Waals surface area (Å²) in [6.45, 7) is 0. The number of carbonyl (C=O) groups excluding carboxylic acids is 1. The van der Waals surface area contributed by atoms with Crippen molar-refractivity contribution in [3.63, 3.8) is 0 Å². The Hall–Kier alpha value is -1.39. The van der Waals surface area contributed by atoms with E-state index in [1.165, 1.54) is 22.5 Å². The molecule has 0 atom stereocenters. The number of amides is 1. The molecular formula is C14H13ClN2OS. The number of hydrogen-bond acceptors (Lipinski definition) is 3. The van der Waals surface area contributed by atoms with Crippen molar-refractivity contribution < 1.29 is 4.79 Å². The zero-order valence-electron chi connectivity index (χ0n) is 10.2. The zero-order valence-corrected chi connectivity index (χ0v) is 11.8. The van der Waals surface area contributed by atoms with E-state index in [4.69, 9.17) is 11.6 Å². The summed E-state index contributed by atoms with van der Waals surface area (Å²) in [6, 6.07) is 8.23. The lowest BCUT2D eigenvalue weighted by molar-refractivity contribution is -0.119. The van der Waals surface area contributed by atoms with Gasteiger partial charge in [0.1, 0.15) is 0 Å². The summed E-state index contributed by atoms with van der Waals surface area (Å²) in [5, 5.41) is 5.39. The van der Waals surface area contributed by atoms with Crippen LogP contribution in [0.2, 0.25) is 0 Å². The number of fused-ring (bicyclic) bond motifs is 1. The van der Waals surface area contributed by atoms with E-state index in [0.29, 0.717) is 11.0 Å². The average Bonchev–Trinajstić information content (AvgIpc) is 3.04. The molecule has 1 amide bonds. The highest BCUT2D eigenvalue weighted by atomic mass is 35.5. The lowest BCUT2D eigenvalue weighted by Gasteiger charge is -2.07. The first-order chi connectivity index (χ1) is 9.26. The lowest BCUT2D eigenvalue weighted by atomic mass is 10.1. The molecular weight excluding hydrogens is 280 g/mol. The van der Waals surface area contributed by atoms with Crippen LogP contribution in [-0.2, 0) is 23.5 Å². The number of carbonyl (C=O) groups is 1. The summed E-state index contributed by atoms with van der Waals surface area (Å²) in [4.78, 5) is 16.4. The molecule has 98 valence electrons. The van der Waals surface area contributed by atoms with E-state index in [-0.39, 0.29) is 11.8 Å². The summed E-state index contributed by atoms with van der Waals surface area (Å²) >= 11 is 7.11. The van der Waals surface area contributed by atoms with Crippen LogP contribution in [0.4, 0.5) is 5.13 Å². The first-order valence-corrected chi connectivity index (χ1v) is 7.55. The van der Waals surface area contributed by atoms with E-state index < -0.39 is 0 Å². The van der Waals surface area contributed by atoms with Gasteiger partial charge in [0.05, 0.1) is 11.6 Å². The van der Waals surface area contributed by atoms with Gasteiger partial charge < -0.3 is 5.32 Å². The van der Waals surface area contributed by atoms with Crippen LogP contribution in [0.1, 0.15) is 16.8 Å². The Morgan fingerprint density at radius 1 is 1.37 bits per heavy atom. The SMILES string of the molecule is O=C(Nc1nc(CCl)cs1)C1Cc2ccccc2C1. The summed E-state index contributed by atoms with van der Waals surface area (Å²) < 4.78 is 0. The van der Waals surface area contributed by atoms with Crippen LogP contribution in [0, 0.1) is 5.92 Å². The fourth-order valence-electron chi connectivity index (χ4n) is 2.38. The maximum atomic E-state index is 12.2. The molecule has 5 heteroatoms. The van der Waals surface area contributed by atoms with Crippen molar-refractivity contribution in [1.82, 2.24) is 4.98 Å². The number of aromatic nitrogens is 1. The Kier molecular flexibility index (Phi) is 3.53. The minimum Gasteiger partial charge on any atom is -0.302 e. The van der Waals surface area contributed by atoms with E-state index in [9.17, 15) is 4.79 Å². The van der Waals surface area contributed by atoms with Crippen LogP contribution in [0.25, 0.3) is 0 Å². The van der Waals surface area contributed by atoms with Crippen LogP contribution in [0.15, 0.2) is 29.6 Å². The molecule has 1 aromatic heterocycles. The molecule has 0 bridgehead atoms. The number of thiazole rings is 1. The first-order valence-electron chi connectivity index (χ1n) is 6.14. The highest BCUT2D eigenvalue weighted by Crippen LogP contribution is 2.28. The van der Waals surface area contributed by atoms with Gasteiger partial charge in [-0.3, -0.25) is 4.79 Å². The molecule has 0 fully saturated rings. The smallest absolute Gasteiger partial charge is 0.229 e. The Balaban J connectivity index is 1.66. The second kappa shape index (κ2) is 5.31. The molecule has 1 N–H and O–H groups in total. The van der Waals surface area contributed by atoms with Crippen LogP contribution in [0.3, 0.4) is 0 Å². The molecule has 0 spiro atoms. The summed E-state index contributed by atoms with van der Waals surface area (Å²) in [7, 11) is 0. The van der Waals surface area contributed by atoms with Gasteiger partial charge in [-0.25, -0.2) is 4.98 Å². The molecule has 1 aliphatic rings. The van der Waals surface area contributed by atoms with Gasteiger partial charge >= 0.3 is 0 Å². The normalized spacial score (nSPS) is 14.4. The van der Waals surface area contributed by atoms with E-state index in [0.717, 1.165) is 18.5 Å². The minimum absolute atomic E-state index is 0.0146. The average molecular weight is 293 g/mol. The predicted octanol–water partition coefficient (Wildman–Crippen LogP) is 3.24. The Labute approximate surface area is 120 Å². The topological polar surface area (TPSA) is 42.0 Å². The minimum atomic E-state index is 0.0146. The van der Waals surface area contributed by atoms with Gasteiger partial charge in [0, 0.05) is 11.3 Å². The standard InChI is InChI=1S/C14H13ClN2OS/c15-7-12-8-19-14(16-12)17-13(18)11-5-9-3-1-2-4-10(9)6-11/h1-4,8,11H,5-7H2,(H,16,17,18). The van der Waals surface area contributed by atoms with Crippen LogP contribution in [-0.4, -0.2) is 10.9 Å². The number of nitrogens with zero attached hydrogens (tertiary/aromatic N) is 1. The van der Waals surface area contributed by atoms with Gasteiger partial charge in [0.2, 0.25) is 5.91 Å². The van der Waals surface area contributed by atoms with E-state index >= 15 is 0 Å². The van der Waals surface area contributed by atoms with E-state index in [1.54, 1.807) is 0 Å². The second-order valence-electron chi connectivity index (χ2n) is 4.64. The van der Waals surface area contributed by atoms with Gasteiger partial charge in [-0.2, -0.15) is 0 Å². The number of rotatable bonds is 3. The van der Waals surface area contributed by atoms with Gasteiger partial charge in [-0.1, -0.05) is 24.3 Å². The maximum absolute atomic E-state index is 12.2. The molecule has 0 radical (unpaired) electrons. The summed E-state index contributed by atoms with van der Waals surface area (Å²) in [6.07, 6.45) is 1.63. The van der Waals surface area contributed by atoms with Gasteiger partial charge in [0.15, 0.2) is 5.13 Å². The van der Waals surface area contributed by atoms with Gasteiger partial charge in [-0.05, 0) is 24.0 Å². The molecule has 1 aromatic carbocycles. The fraction of sp³-hybridized carbons (Fsp3) is 0.286. The molecule has 2 aromatic rings. The molecule has 3 rings (SSSR count). The molecule has 0 saturated heterocycles. The van der Waals surface area contributed by atoms with Crippen molar-refractivity contribution in [2.75, 3.05) is 5.32 Å². The lowest BCUT2D eigenvalue weighted by Crippen LogP contribution is -2.23. The first kappa shape index (κ1) is 12.6. The van der Waals surface area contributed by atoms with E-state index in [2.05, 4.69) is 22.4 Å². The van der Waals surface area contributed by atoms with Gasteiger partial charge in [-0.15, -0.1) is 22.9 Å². The highest BCUT2D eigenvalue weighted by Gasteiger charge is 2.27. The highest BCUT2D eigenvalue weighted by molar-refractivity contribution is 7.13. The summed E-state index contributed by atoms with van der Waals surface area (Å²) in [5.74, 6) is 0.439. The molecule has 0 saturated carbocycles. The molecule has 1 heterocycles. The number of hydrogen-bond donors (Lipinski definition) is 1. The van der Waals surface area contributed by atoms with Crippen LogP contribution >= 0.6 is 22.9 Å². The van der Waals surface area contributed by atoms with Crippen molar-refractivity contribution in [1.29, 1.82) is 0 Å². The molecule has 0 unspecified atom stereocenters. The number of nitrogens with one attached hydrogen (secondary N) is 1. The number of alkyl halides is 1. The number of halogens is 1. The van der Waals surface area contributed by atoms with Crippen molar-refractivity contribution in [2.45, 2.75) is 18.7 Å². The molecule has 1 aliphatic carbocycles. The van der Waals surface area contributed by atoms with Crippen molar-refractivity contribution in [2.24, 2.45) is 5.92 Å². The van der Waals surface area contributed by atoms with E-state index in [1.807, 2.05) is 17.5 Å². The maximum Gasteiger partial charge on any atom is 0.229 e. The van der Waals surface area contributed by atoms with Crippen molar-refractivity contribution in [3.05, 3.63) is 46.5 Å². The molecule has 3 nitrogen and oxygen atoms in total. The summed E-state index contributed by atoms with van der Waals surface area (Å²) in [5.41, 5.74) is 3.36. The third-order valence-electron chi connectivity index (χ3n) is 3.34. The second-order valence-corrected chi connectivity index (χ2v) is 5.77. The molecule has 0 aliphatic heterocycles. The van der Waals surface area contributed by atoms with Gasteiger partial charge in [0.25, 0.3) is 0 Å². The van der Waals surface area contributed by atoms with Crippen molar-refractivity contribution >= 4 is 34.0 Å². The zero-order chi connectivity index (χ0) is 13.2. The third kappa shape index (κ3) is 2.65. The van der Waals surface area contributed by atoms with Crippen LogP contribution in [0.5, 0.6) is 0 Å². The monoisotopic (exact) mass is 292 g/mol. The Morgan fingerprint density at radius 2 is 2.05 bits per heavy atom. The Bertz CT molecular complexity index is 586. The quantitative estimate of drug-likeness (QED) is 0.883. The Morgan fingerprint density at radius 3 is 2.63 bits per heavy atom. The van der Waals surface area contributed by atoms with Crippen molar-refractivity contribution in [3.8, 4) is 0 Å².